The zero-order valence-electron chi connectivity index (χ0n) is 17.7. The zero-order chi connectivity index (χ0) is 22.5. The predicted octanol–water partition coefficient (Wildman–Crippen LogP) is 3.45. The van der Waals surface area contributed by atoms with Crippen molar-refractivity contribution in [1.82, 2.24) is 19.8 Å². The molecular weight excluding hydrogens is 414 g/mol. The van der Waals surface area contributed by atoms with Crippen LogP contribution in [0.1, 0.15) is 17.4 Å². The van der Waals surface area contributed by atoms with Gasteiger partial charge in [0.05, 0.1) is 31.1 Å². The first-order valence-corrected chi connectivity index (χ1v) is 10.4. The van der Waals surface area contributed by atoms with Crippen molar-refractivity contribution in [3.05, 3.63) is 83.8 Å². The lowest BCUT2D eigenvalue weighted by molar-refractivity contribution is -0.140. The molecule has 32 heavy (non-hydrogen) atoms. The maximum atomic E-state index is 13.9. The quantitative estimate of drug-likeness (QED) is 0.590. The second kappa shape index (κ2) is 9.93. The summed E-state index contributed by atoms with van der Waals surface area (Å²) in [5.41, 5.74) is 2.24. The van der Waals surface area contributed by atoms with E-state index in [2.05, 4.69) is 9.97 Å². The Labute approximate surface area is 185 Å². The number of nitrogens with zero attached hydrogens (tertiary/aromatic N) is 4. The third kappa shape index (κ3) is 5.15. The van der Waals surface area contributed by atoms with Crippen LogP contribution in [0.15, 0.2) is 60.9 Å². The molecule has 1 atom stereocenters. The number of hydrogen-bond acceptors (Lipinski definition) is 5. The fourth-order valence-corrected chi connectivity index (χ4v) is 3.79. The van der Waals surface area contributed by atoms with E-state index in [4.69, 9.17) is 4.74 Å². The molecule has 166 valence electrons. The molecule has 0 bridgehead atoms. The smallest absolute Gasteiger partial charge is 0.236 e. The third-order valence-corrected chi connectivity index (χ3v) is 5.35. The van der Waals surface area contributed by atoms with Gasteiger partial charge in [-0.3, -0.25) is 19.7 Å². The molecule has 6 nitrogen and oxygen atoms in total. The first-order chi connectivity index (χ1) is 15.5. The van der Waals surface area contributed by atoms with Gasteiger partial charge in [-0.2, -0.15) is 0 Å². The van der Waals surface area contributed by atoms with E-state index in [0.29, 0.717) is 48.8 Å². The number of carbonyl (C=O) groups excluding carboxylic acids is 1. The van der Waals surface area contributed by atoms with E-state index in [1.165, 1.54) is 18.2 Å². The van der Waals surface area contributed by atoms with Crippen LogP contribution in [0.4, 0.5) is 8.78 Å². The molecule has 1 aliphatic heterocycles. The van der Waals surface area contributed by atoms with Gasteiger partial charge in [-0.05, 0) is 25.2 Å². The molecule has 0 unspecified atom stereocenters. The van der Waals surface area contributed by atoms with Gasteiger partial charge in [-0.1, -0.05) is 30.3 Å². The Balaban J connectivity index is 1.45. The number of benzene rings is 2. The highest BCUT2D eigenvalue weighted by atomic mass is 19.1. The summed E-state index contributed by atoms with van der Waals surface area (Å²) < 4.78 is 33.5. The highest BCUT2D eigenvalue weighted by molar-refractivity contribution is 5.78. The van der Waals surface area contributed by atoms with Crippen LogP contribution in [0, 0.1) is 11.6 Å². The number of carbonyl (C=O) groups is 1. The number of aromatic nitrogens is 2. The summed E-state index contributed by atoms with van der Waals surface area (Å²) in [5, 5.41) is 0. The summed E-state index contributed by atoms with van der Waals surface area (Å²) in [7, 11) is 1.78. The predicted molar refractivity (Wildman–Crippen MR) is 115 cm³/mol. The van der Waals surface area contributed by atoms with Crippen LogP contribution < -0.4 is 0 Å². The monoisotopic (exact) mass is 438 g/mol. The minimum Gasteiger partial charge on any atom is -0.368 e. The Morgan fingerprint density at radius 1 is 1.16 bits per heavy atom. The van der Waals surface area contributed by atoms with Crippen LogP contribution in [-0.2, 0) is 16.1 Å². The number of rotatable bonds is 6. The number of hydrogen-bond donors (Lipinski definition) is 0. The molecule has 0 spiro atoms. The van der Waals surface area contributed by atoms with Crippen LogP contribution in [-0.4, -0.2) is 59.0 Å². The van der Waals surface area contributed by atoms with Crippen molar-refractivity contribution in [1.29, 1.82) is 0 Å². The molecular formula is C24H24F2N4O2. The van der Waals surface area contributed by atoms with Gasteiger partial charge in [0.1, 0.15) is 17.7 Å². The lowest BCUT2D eigenvalue weighted by atomic mass is 10.0. The molecule has 1 amide bonds. The van der Waals surface area contributed by atoms with Crippen LogP contribution >= 0.6 is 0 Å². The fraction of sp³-hybridized carbons (Fsp3) is 0.292. The molecule has 1 fully saturated rings. The van der Waals surface area contributed by atoms with Gasteiger partial charge in [0.2, 0.25) is 5.91 Å². The maximum Gasteiger partial charge on any atom is 0.236 e. The van der Waals surface area contributed by atoms with Crippen molar-refractivity contribution >= 4 is 5.91 Å². The third-order valence-electron chi connectivity index (χ3n) is 5.35. The highest BCUT2D eigenvalue weighted by Gasteiger charge is 2.29. The van der Waals surface area contributed by atoms with Crippen LogP contribution in [0.25, 0.3) is 11.3 Å². The van der Waals surface area contributed by atoms with Crippen molar-refractivity contribution in [2.75, 3.05) is 33.3 Å². The zero-order valence-corrected chi connectivity index (χ0v) is 17.7. The van der Waals surface area contributed by atoms with E-state index in [1.807, 2.05) is 0 Å². The Bertz CT molecular complexity index is 1090. The molecule has 3 aromatic rings. The number of amides is 1. The first-order valence-electron chi connectivity index (χ1n) is 10.4. The summed E-state index contributed by atoms with van der Waals surface area (Å²) in [6.45, 7) is 1.61. The van der Waals surface area contributed by atoms with Crippen LogP contribution in [0.5, 0.6) is 0 Å². The topological polar surface area (TPSA) is 58.6 Å². The molecule has 1 aliphatic rings. The van der Waals surface area contributed by atoms with Crippen LogP contribution in [0.3, 0.4) is 0 Å². The van der Waals surface area contributed by atoms with Crippen molar-refractivity contribution < 1.29 is 18.3 Å². The van der Waals surface area contributed by atoms with E-state index in [1.54, 1.807) is 59.6 Å². The van der Waals surface area contributed by atoms with Crippen molar-refractivity contribution in [3.8, 4) is 11.3 Å². The molecule has 0 N–H and O–H groups in total. The average Bonchev–Trinajstić information content (AvgIpc) is 2.80. The maximum absolute atomic E-state index is 13.9. The molecule has 0 radical (unpaired) electrons. The molecule has 2 aromatic carbocycles. The fourth-order valence-electron chi connectivity index (χ4n) is 3.79. The molecule has 4 rings (SSSR count). The molecule has 8 heteroatoms. The number of morpholine rings is 1. The van der Waals surface area contributed by atoms with Gasteiger partial charge in [-0.25, -0.2) is 8.78 Å². The SMILES string of the molecule is CN(CC(=O)N1CCO[C@H](c2nccnc2-c2cccc(F)c2)C1)Cc1ccccc1F. The van der Waals surface area contributed by atoms with Crippen molar-refractivity contribution in [2.45, 2.75) is 12.6 Å². The van der Waals surface area contributed by atoms with Gasteiger partial charge in [0, 0.05) is 36.6 Å². The van der Waals surface area contributed by atoms with Gasteiger partial charge >= 0.3 is 0 Å². The summed E-state index contributed by atoms with van der Waals surface area (Å²) >= 11 is 0. The van der Waals surface area contributed by atoms with Crippen molar-refractivity contribution in [3.63, 3.8) is 0 Å². The summed E-state index contributed by atoms with van der Waals surface area (Å²) in [5.74, 6) is -0.725. The normalized spacial score (nSPS) is 16.4. The van der Waals surface area contributed by atoms with E-state index in [0.717, 1.165) is 0 Å². The molecule has 2 heterocycles. The molecule has 0 saturated carbocycles. The number of halogens is 2. The van der Waals surface area contributed by atoms with Gasteiger partial charge < -0.3 is 9.64 Å². The summed E-state index contributed by atoms with van der Waals surface area (Å²) in [6, 6.07) is 12.7. The van der Waals surface area contributed by atoms with Gasteiger partial charge in [-0.15, -0.1) is 0 Å². The lowest BCUT2D eigenvalue weighted by Crippen LogP contribution is -2.46. The first kappa shape index (κ1) is 22.0. The van der Waals surface area contributed by atoms with E-state index >= 15 is 0 Å². The number of likely N-dealkylation sites (N-methyl/N-ethyl adjacent to an activating group) is 1. The molecule has 1 saturated heterocycles. The standard InChI is InChI=1S/C24H24F2N4O2/c1-29(14-18-5-2-3-8-20(18)26)16-22(31)30-11-12-32-21(15-30)24-23(27-9-10-28-24)17-6-4-7-19(25)13-17/h2-10,13,21H,11-12,14-16H2,1H3/t21-/m0/s1. The van der Waals surface area contributed by atoms with E-state index < -0.39 is 6.10 Å². The average molecular weight is 438 g/mol. The summed E-state index contributed by atoms with van der Waals surface area (Å²) in [6.07, 6.45) is 2.63. The molecule has 1 aromatic heterocycles. The Hall–Kier alpha value is -3.23. The van der Waals surface area contributed by atoms with E-state index in [-0.39, 0.29) is 24.1 Å². The molecule has 0 aliphatic carbocycles. The Kier molecular flexibility index (Phi) is 6.82. The van der Waals surface area contributed by atoms with Crippen LogP contribution in [0.2, 0.25) is 0 Å². The lowest BCUT2D eigenvalue weighted by Gasteiger charge is -2.34. The highest BCUT2D eigenvalue weighted by Crippen LogP contribution is 2.29. The minimum atomic E-state index is -0.475. The minimum absolute atomic E-state index is 0.0756. The largest absolute Gasteiger partial charge is 0.368 e. The van der Waals surface area contributed by atoms with E-state index in [9.17, 15) is 13.6 Å². The van der Waals surface area contributed by atoms with Gasteiger partial charge in [0.25, 0.3) is 0 Å². The Morgan fingerprint density at radius 2 is 1.97 bits per heavy atom. The number of ether oxygens (including phenoxy) is 1. The second-order valence-electron chi connectivity index (χ2n) is 7.76. The Morgan fingerprint density at radius 3 is 2.78 bits per heavy atom. The van der Waals surface area contributed by atoms with Crippen molar-refractivity contribution in [2.24, 2.45) is 0 Å². The second-order valence-corrected chi connectivity index (χ2v) is 7.76. The van der Waals surface area contributed by atoms with Gasteiger partial charge in [0.15, 0.2) is 0 Å². The summed E-state index contributed by atoms with van der Waals surface area (Å²) in [4.78, 5) is 25.2.